The first-order valence-electron chi connectivity index (χ1n) is 6.15. The summed E-state index contributed by atoms with van der Waals surface area (Å²) in [6, 6.07) is 5.20. The van der Waals surface area contributed by atoms with E-state index < -0.39 is 16.6 Å². The minimum Gasteiger partial charge on any atom is -0.455 e. The van der Waals surface area contributed by atoms with E-state index in [1.165, 1.54) is 30.6 Å². The van der Waals surface area contributed by atoms with E-state index in [9.17, 15) is 0 Å². The molecule has 0 bridgehead atoms. The Morgan fingerprint density at radius 2 is 1.29 bits per heavy atom. The van der Waals surface area contributed by atoms with E-state index in [0.29, 0.717) is 0 Å². The van der Waals surface area contributed by atoms with Gasteiger partial charge in [0.25, 0.3) is 0 Å². The van der Waals surface area contributed by atoms with E-state index in [1.54, 1.807) is 0 Å². The lowest BCUT2D eigenvalue weighted by molar-refractivity contribution is 0.521. The lowest BCUT2D eigenvalue weighted by Crippen LogP contribution is -2.47. The highest BCUT2D eigenvalue weighted by atomic mass is 28.4. The molecule has 0 saturated carbocycles. The van der Waals surface area contributed by atoms with E-state index in [1.807, 2.05) is 0 Å². The second-order valence-corrected chi connectivity index (χ2v) is 14.2. The Kier molecular flexibility index (Phi) is 6.25. The molecule has 0 aliphatic rings. The summed E-state index contributed by atoms with van der Waals surface area (Å²) in [4.78, 5) is 0. The zero-order valence-corrected chi connectivity index (χ0v) is 12.9. The summed E-state index contributed by atoms with van der Waals surface area (Å²) < 4.78 is 6.59. The fourth-order valence-electron chi connectivity index (χ4n) is 2.21. The summed E-state index contributed by atoms with van der Waals surface area (Å²) in [7, 11) is -2.67. The van der Waals surface area contributed by atoms with Gasteiger partial charge in [-0.25, -0.2) is 0 Å². The number of hydrogen-bond donors (Lipinski definition) is 0. The molecule has 0 unspecified atom stereocenters. The Morgan fingerprint density at radius 3 is 1.57 bits per heavy atom. The van der Waals surface area contributed by atoms with Crippen LogP contribution in [0, 0.1) is 0 Å². The third-order valence-electron chi connectivity index (χ3n) is 3.28. The third kappa shape index (κ3) is 4.28. The maximum atomic E-state index is 6.59. The zero-order chi connectivity index (χ0) is 11.2. The van der Waals surface area contributed by atoms with Gasteiger partial charge in [0.15, 0.2) is 16.6 Å². The Hall–Kier alpha value is 0.394. The van der Waals surface area contributed by atoms with Gasteiger partial charge in [-0.1, -0.05) is 34.1 Å². The standard InChI is InChI=1S/C11H28OSi2/c1-7-11-13(5,6)12-14(8-2,9-3)10-4/h7-11H2,1-6H3. The van der Waals surface area contributed by atoms with Gasteiger partial charge in [-0.2, -0.15) is 0 Å². The molecule has 0 amide bonds. The lowest BCUT2D eigenvalue weighted by Gasteiger charge is -2.37. The van der Waals surface area contributed by atoms with Crippen LogP contribution < -0.4 is 0 Å². The number of rotatable bonds is 7. The van der Waals surface area contributed by atoms with Crippen LogP contribution in [0.5, 0.6) is 0 Å². The summed E-state index contributed by atoms with van der Waals surface area (Å²) in [6.07, 6.45) is 1.28. The van der Waals surface area contributed by atoms with E-state index >= 15 is 0 Å². The molecule has 0 N–H and O–H groups in total. The summed E-state index contributed by atoms with van der Waals surface area (Å²) in [6.45, 7) is 14.0. The highest BCUT2D eigenvalue weighted by Gasteiger charge is 2.35. The van der Waals surface area contributed by atoms with Crippen LogP contribution in [0.4, 0.5) is 0 Å². The van der Waals surface area contributed by atoms with Crippen molar-refractivity contribution in [2.75, 3.05) is 0 Å². The molecule has 1 nitrogen and oxygen atoms in total. The lowest BCUT2D eigenvalue weighted by atomic mass is 10.6. The van der Waals surface area contributed by atoms with Gasteiger partial charge in [-0.3, -0.25) is 0 Å². The van der Waals surface area contributed by atoms with Crippen LogP contribution in [0.1, 0.15) is 34.1 Å². The molecule has 14 heavy (non-hydrogen) atoms. The Labute approximate surface area is 92.5 Å². The van der Waals surface area contributed by atoms with Crippen molar-refractivity contribution in [1.29, 1.82) is 0 Å². The quantitative estimate of drug-likeness (QED) is 0.582. The Bertz CT molecular complexity index is 145. The Balaban J connectivity index is 4.41. The van der Waals surface area contributed by atoms with E-state index in [2.05, 4.69) is 40.8 Å². The highest BCUT2D eigenvalue weighted by molar-refractivity contribution is 6.86. The average Bonchev–Trinajstić information content (AvgIpc) is 2.14. The normalized spacial score (nSPS) is 13.3. The minimum absolute atomic E-state index is 1.28. The van der Waals surface area contributed by atoms with Crippen molar-refractivity contribution in [1.82, 2.24) is 0 Å². The molecule has 0 aliphatic heterocycles. The molecule has 0 spiro atoms. The van der Waals surface area contributed by atoms with Gasteiger partial charge in [0.05, 0.1) is 0 Å². The first-order chi connectivity index (χ1) is 6.45. The van der Waals surface area contributed by atoms with Crippen molar-refractivity contribution in [3.05, 3.63) is 0 Å². The molecule has 3 heteroatoms. The predicted octanol–water partition coefficient (Wildman–Crippen LogP) is 4.62. The summed E-state index contributed by atoms with van der Waals surface area (Å²) in [5, 5.41) is 0. The molecule has 0 aliphatic carbocycles. The summed E-state index contributed by atoms with van der Waals surface area (Å²) in [5.74, 6) is 0. The topological polar surface area (TPSA) is 9.23 Å². The smallest absolute Gasteiger partial charge is 0.178 e. The van der Waals surface area contributed by atoms with Gasteiger partial charge < -0.3 is 4.12 Å². The van der Waals surface area contributed by atoms with Crippen LogP contribution in [-0.2, 0) is 4.12 Å². The molecule has 0 fully saturated rings. The van der Waals surface area contributed by atoms with Crippen molar-refractivity contribution >= 4 is 16.6 Å². The first kappa shape index (κ1) is 14.4. The summed E-state index contributed by atoms with van der Waals surface area (Å²) >= 11 is 0. The van der Waals surface area contributed by atoms with Crippen molar-refractivity contribution in [2.24, 2.45) is 0 Å². The molecule has 0 atom stereocenters. The second kappa shape index (κ2) is 6.08. The van der Waals surface area contributed by atoms with Gasteiger partial charge >= 0.3 is 0 Å². The maximum absolute atomic E-state index is 6.59. The predicted molar refractivity (Wildman–Crippen MR) is 70.9 cm³/mol. The van der Waals surface area contributed by atoms with Crippen molar-refractivity contribution in [3.63, 3.8) is 0 Å². The molecule has 0 aromatic rings. The van der Waals surface area contributed by atoms with E-state index in [4.69, 9.17) is 4.12 Å². The molecule has 86 valence electrons. The molecular formula is C11H28OSi2. The zero-order valence-electron chi connectivity index (χ0n) is 10.9. The van der Waals surface area contributed by atoms with Crippen molar-refractivity contribution in [3.8, 4) is 0 Å². The largest absolute Gasteiger partial charge is 0.455 e. The van der Waals surface area contributed by atoms with E-state index in [0.717, 1.165) is 0 Å². The highest BCUT2D eigenvalue weighted by Crippen LogP contribution is 2.28. The van der Waals surface area contributed by atoms with Crippen LogP contribution in [-0.4, -0.2) is 16.6 Å². The van der Waals surface area contributed by atoms with Crippen LogP contribution in [0.3, 0.4) is 0 Å². The van der Waals surface area contributed by atoms with E-state index in [-0.39, 0.29) is 0 Å². The molecular weight excluding hydrogens is 204 g/mol. The Morgan fingerprint density at radius 1 is 0.857 bits per heavy atom. The molecule has 0 heterocycles. The second-order valence-electron chi connectivity index (χ2n) is 4.86. The minimum atomic E-state index is -1.34. The molecule has 0 aromatic heterocycles. The number of hydrogen-bond acceptors (Lipinski definition) is 1. The first-order valence-corrected chi connectivity index (χ1v) is 11.8. The van der Waals surface area contributed by atoms with Gasteiger partial charge in [0.1, 0.15) is 0 Å². The van der Waals surface area contributed by atoms with Gasteiger partial charge in [-0.15, -0.1) is 0 Å². The fourth-order valence-corrected chi connectivity index (χ4v) is 11.7. The molecule has 0 radical (unpaired) electrons. The monoisotopic (exact) mass is 232 g/mol. The van der Waals surface area contributed by atoms with Crippen LogP contribution in [0.15, 0.2) is 0 Å². The average molecular weight is 233 g/mol. The SMILES string of the molecule is CCC[Si](C)(C)O[Si](CC)(CC)CC. The molecule has 0 aromatic carbocycles. The van der Waals surface area contributed by atoms with Crippen molar-refractivity contribution in [2.45, 2.75) is 71.4 Å². The van der Waals surface area contributed by atoms with Gasteiger partial charge in [-0.05, 0) is 37.3 Å². The van der Waals surface area contributed by atoms with Crippen molar-refractivity contribution < 1.29 is 4.12 Å². The fraction of sp³-hybridized carbons (Fsp3) is 1.00. The van der Waals surface area contributed by atoms with Gasteiger partial charge in [0.2, 0.25) is 0 Å². The third-order valence-corrected chi connectivity index (χ3v) is 12.8. The van der Waals surface area contributed by atoms with Crippen LogP contribution in [0.25, 0.3) is 0 Å². The van der Waals surface area contributed by atoms with Crippen LogP contribution >= 0.6 is 0 Å². The van der Waals surface area contributed by atoms with Crippen LogP contribution in [0.2, 0.25) is 37.3 Å². The molecule has 0 rings (SSSR count). The molecule has 0 saturated heterocycles. The summed E-state index contributed by atoms with van der Waals surface area (Å²) in [5.41, 5.74) is 0. The maximum Gasteiger partial charge on any atom is 0.178 e. The van der Waals surface area contributed by atoms with Gasteiger partial charge in [0, 0.05) is 0 Å².